The van der Waals surface area contributed by atoms with Crippen molar-refractivity contribution in [1.29, 1.82) is 0 Å². The topological polar surface area (TPSA) is 141 Å². The molecule has 1 aromatic heterocycles. The molecule has 10 heteroatoms. The Labute approximate surface area is 115 Å². The Morgan fingerprint density at radius 1 is 1.50 bits per heavy atom. The lowest BCUT2D eigenvalue weighted by Crippen LogP contribution is -2.29. The fourth-order valence-electron chi connectivity index (χ4n) is 1.46. The van der Waals surface area contributed by atoms with Crippen LogP contribution in [0.25, 0.3) is 0 Å². The zero-order valence-corrected chi connectivity index (χ0v) is 11.5. The summed E-state index contributed by atoms with van der Waals surface area (Å²) >= 11 is 0. The van der Waals surface area contributed by atoms with Crippen molar-refractivity contribution in [2.75, 3.05) is 6.61 Å². The second-order valence-corrected chi connectivity index (χ2v) is 5.55. The number of carboxylic acid groups (broad SMARTS) is 1. The molecule has 0 fully saturated rings. The molecule has 0 aliphatic carbocycles. The normalized spacial score (nSPS) is 11.4. The van der Waals surface area contributed by atoms with E-state index in [0.29, 0.717) is 13.0 Å². The van der Waals surface area contributed by atoms with Crippen molar-refractivity contribution in [2.45, 2.75) is 24.8 Å². The molecule has 1 aromatic rings. The number of nitrogens with one attached hydrogen (secondary N) is 1. The highest BCUT2D eigenvalue weighted by Crippen LogP contribution is 2.15. The molecule has 0 unspecified atom stereocenters. The van der Waals surface area contributed by atoms with Gasteiger partial charge in [0.15, 0.2) is 0 Å². The number of hydrogen-bond donors (Lipinski definition) is 3. The van der Waals surface area contributed by atoms with E-state index in [0.717, 1.165) is 6.07 Å². The summed E-state index contributed by atoms with van der Waals surface area (Å²) < 4.78 is 24.9. The van der Waals surface area contributed by atoms with Gasteiger partial charge in [0.1, 0.15) is 17.2 Å². The molecule has 0 aromatic carbocycles. The lowest BCUT2D eigenvalue weighted by atomic mass is 10.4. The van der Waals surface area contributed by atoms with Crippen molar-refractivity contribution in [3.63, 3.8) is 0 Å². The Hall–Kier alpha value is -1.91. The van der Waals surface area contributed by atoms with Crippen LogP contribution >= 0.6 is 0 Å². The van der Waals surface area contributed by atoms with E-state index in [1.807, 2.05) is 6.92 Å². The van der Waals surface area contributed by atoms with Gasteiger partial charge in [0.25, 0.3) is 10.0 Å². The van der Waals surface area contributed by atoms with E-state index in [2.05, 4.69) is 4.84 Å². The van der Waals surface area contributed by atoms with Gasteiger partial charge < -0.3 is 15.4 Å². The van der Waals surface area contributed by atoms with Crippen molar-refractivity contribution >= 4 is 21.9 Å². The second kappa shape index (κ2) is 6.50. The number of carbonyl (C=O) groups is 2. The number of aryl methyl sites for hydroxylation is 1. The number of carbonyl (C=O) groups excluding carboxylic acids is 1. The number of amides is 1. The smallest absolute Gasteiger partial charge is 0.352 e. The van der Waals surface area contributed by atoms with Crippen LogP contribution in [0.1, 0.15) is 23.8 Å². The summed E-state index contributed by atoms with van der Waals surface area (Å²) in [6.07, 6.45) is 1.82. The first-order valence-corrected chi connectivity index (χ1v) is 7.11. The van der Waals surface area contributed by atoms with E-state index < -0.39 is 28.5 Å². The number of aromatic nitrogens is 1. The average molecular weight is 305 g/mol. The van der Waals surface area contributed by atoms with E-state index in [9.17, 15) is 18.0 Å². The lowest BCUT2D eigenvalue weighted by molar-refractivity contribution is -0.123. The van der Waals surface area contributed by atoms with Gasteiger partial charge in [0, 0.05) is 12.7 Å². The maximum absolute atomic E-state index is 11.8. The van der Waals surface area contributed by atoms with Gasteiger partial charge in [-0.25, -0.2) is 13.2 Å². The van der Waals surface area contributed by atoms with Gasteiger partial charge in [-0.2, -0.15) is 0 Å². The van der Waals surface area contributed by atoms with Crippen molar-refractivity contribution in [3.8, 4) is 0 Å². The highest BCUT2D eigenvalue weighted by Gasteiger charge is 2.21. The first-order valence-electron chi connectivity index (χ1n) is 5.63. The minimum Gasteiger partial charge on any atom is -0.477 e. The van der Waals surface area contributed by atoms with Gasteiger partial charge in [-0.1, -0.05) is 11.8 Å². The number of nitrogens with zero attached hydrogens (tertiary/aromatic N) is 1. The lowest BCUT2D eigenvalue weighted by Gasteiger charge is -2.04. The van der Waals surface area contributed by atoms with Gasteiger partial charge in [0.2, 0.25) is 5.91 Å². The monoisotopic (exact) mass is 305 g/mol. The summed E-state index contributed by atoms with van der Waals surface area (Å²) in [6.45, 7) is 1.56. The Balaban J connectivity index is 2.97. The maximum Gasteiger partial charge on any atom is 0.352 e. The Morgan fingerprint density at radius 2 is 2.15 bits per heavy atom. The largest absolute Gasteiger partial charge is 0.477 e. The standard InChI is InChI=1S/C10H15N3O6S/c1-2-3-13-5-7(4-8(13)10(15)16)20(17,18)12-19-6-9(11)14/h4-5,12H,2-3,6H2,1H3,(H2,11,14)(H,15,16). The highest BCUT2D eigenvalue weighted by atomic mass is 32.2. The van der Waals surface area contributed by atoms with Crippen molar-refractivity contribution in [3.05, 3.63) is 18.0 Å². The molecular formula is C10H15N3O6S. The summed E-state index contributed by atoms with van der Waals surface area (Å²) in [5.41, 5.74) is 4.64. The first kappa shape index (κ1) is 16.1. The minimum absolute atomic E-state index is 0.151. The third-order valence-electron chi connectivity index (χ3n) is 2.25. The predicted molar refractivity (Wildman–Crippen MR) is 67.2 cm³/mol. The number of aromatic carboxylic acids is 1. The van der Waals surface area contributed by atoms with Crippen molar-refractivity contribution in [2.24, 2.45) is 5.73 Å². The summed E-state index contributed by atoms with van der Waals surface area (Å²) in [7, 11) is -4.07. The number of primary amides is 1. The molecule has 1 rings (SSSR count). The van der Waals surface area contributed by atoms with Crippen LogP contribution in [0.15, 0.2) is 17.2 Å². The van der Waals surface area contributed by atoms with Crippen LogP contribution in [-0.2, 0) is 26.2 Å². The Morgan fingerprint density at radius 3 is 2.65 bits per heavy atom. The molecule has 0 saturated carbocycles. The fourth-order valence-corrected chi connectivity index (χ4v) is 2.30. The van der Waals surface area contributed by atoms with Crippen LogP contribution < -0.4 is 10.6 Å². The number of nitrogens with two attached hydrogens (primary N) is 1. The number of rotatable bonds is 8. The van der Waals surface area contributed by atoms with Crippen LogP contribution in [-0.4, -0.2) is 36.6 Å². The SMILES string of the molecule is CCCn1cc(S(=O)(=O)NOCC(N)=O)cc1C(=O)O. The van der Waals surface area contributed by atoms with E-state index in [-0.39, 0.29) is 10.6 Å². The van der Waals surface area contributed by atoms with Crippen molar-refractivity contribution in [1.82, 2.24) is 9.45 Å². The predicted octanol–water partition coefficient (Wildman–Crippen LogP) is -0.708. The van der Waals surface area contributed by atoms with Gasteiger partial charge >= 0.3 is 5.97 Å². The molecule has 1 heterocycles. The van der Waals surface area contributed by atoms with Crippen LogP contribution in [0.2, 0.25) is 0 Å². The van der Waals surface area contributed by atoms with Crippen LogP contribution in [0.3, 0.4) is 0 Å². The summed E-state index contributed by atoms with van der Waals surface area (Å²) in [6, 6.07) is 1.01. The maximum atomic E-state index is 11.8. The molecule has 0 spiro atoms. The molecule has 20 heavy (non-hydrogen) atoms. The summed E-state index contributed by atoms with van der Waals surface area (Å²) in [5, 5.41) is 8.99. The molecule has 0 atom stereocenters. The summed E-state index contributed by atoms with van der Waals surface area (Å²) in [4.78, 5) is 27.3. The third kappa shape index (κ3) is 4.05. The van der Waals surface area contributed by atoms with Gasteiger partial charge in [0.05, 0.1) is 0 Å². The third-order valence-corrected chi connectivity index (χ3v) is 3.43. The molecule has 112 valence electrons. The van der Waals surface area contributed by atoms with E-state index in [1.165, 1.54) is 10.8 Å². The fraction of sp³-hybridized carbons (Fsp3) is 0.400. The first-order chi connectivity index (χ1) is 9.27. The number of sulfonamides is 1. The van der Waals surface area contributed by atoms with Crippen LogP contribution in [0, 0.1) is 0 Å². The van der Waals surface area contributed by atoms with Crippen molar-refractivity contribution < 1.29 is 28.0 Å². The molecule has 0 radical (unpaired) electrons. The molecule has 9 nitrogen and oxygen atoms in total. The molecule has 0 aliphatic heterocycles. The molecule has 4 N–H and O–H groups in total. The molecule has 0 bridgehead atoms. The number of carboxylic acids is 1. The van der Waals surface area contributed by atoms with E-state index in [1.54, 1.807) is 4.89 Å². The van der Waals surface area contributed by atoms with E-state index >= 15 is 0 Å². The van der Waals surface area contributed by atoms with Gasteiger partial charge in [-0.05, 0) is 12.5 Å². The highest BCUT2D eigenvalue weighted by molar-refractivity contribution is 7.89. The molecule has 1 amide bonds. The zero-order chi connectivity index (χ0) is 15.3. The summed E-state index contributed by atoms with van der Waals surface area (Å²) in [5.74, 6) is -2.08. The Kier molecular flexibility index (Phi) is 5.25. The van der Waals surface area contributed by atoms with E-state index in [4.69, 9.17) is 10.8 Å². The zero-order valence-electron chi connectivity index (χ0n) is 10.7. The average Bonchev–Trinajstić information content (AvgIpc) is 2.73. The second-order valence-electron chi connectivity index (χ2n) is 3.90. The van der Waals surface area contributed by atoms with Gasteiger partial charge in [-0.15, -0.1) is 0 Å². The molecule has 0 aliphatic rings. The quantitative estimate of drug-likeness (QED) is 0.542. The molecular weight excluding hydrogens is 290 g/mol. The minimum atomic E-state index is -4.07. The van der Waals surface area contributed by atoms with Crippen LogP contribution in [0.4, 0.5) is 0 Å². The van der Waals surface area contributed by atoms with Crippen LogP contribution in [0.5, 0.6) is 0 Å². The number of hydrogen-bond acceptors (Lipinski definition) is 5. The Bertz CT molecular complexity index is 607. The molecule has 0 saturated heterocycles. The van der Waals surface area contributed by atoms with Gasteiger partial charge in [-0.3, -0.25) is 9.63 Å².